The van der Waals surface area contributed by atoms with Gasteiger partial charge in [0.2, 0.25) is 0 Å². The van der Waals surface area contributed by atoms with E-state index in [4.69, 9.17) is 5.11 Å². The van der Waals surface area contributed by atoms with Gasteiger partial charge in [-0.3, -0.25) is 0 Å². The normalized spacial score (nSPS) is 17.2. The summed E-state index contributed by atoms with van der Waals surface area (Å²) in [6, 6.07) is 3.16. The van der Waals surface area contributed by atoms with E-state index in [1.54, 1.807) is 0 Å². The molecule has 3 N–H and O–H groups in total. The van der Waals surface area contributed by atoms with Crippen LogP contribution in [0.25, 0.3) is 0 Å². The van der Waals surface area contributed by atoms with Crippen molar-refractivity contribution < 1.29 is 28.2 Å². The minimum Gasteiger partial charge on any atom is -0.507 e. The third kappa shape index (κ3) is 3.63. The van der Waals surface area contributed by atoms with Crippen LogP contribution in [-0.2, 0) is 9.84 Å². The number of hydrogen-bond acceptors (Lipinski definition) is 5. The maximum Gasteiger partial charge on any atom is 0.339 e. The SMILES string of the molecule is O=C(O)c1ccc(NC(=O)N2CCS(=O)(=O)CC2)cc1O. The van der Waals surface area contributed by atoms with E-state index in [1.165, 1.54) is 17.0 Å². The number of benzene rings is 1. The first-order valence-electron chi connectivity index (χ1n) is 6.11. The van der Waals surface area contributed by atoms with Crippen LogP contribution in [0.3, 0.4) is 0 Å². The van der Waals surface area contributed by atoms with Gasteiger partial charge < -0.3 is 20.4 Å². The number of carboxylic acids is 1. The van der Waals surface area contributed by atoms with Gasteiger partial charge in [0.1, 0.15) is 11.3 Å². The molecule has 0 bridgehead atoms. The number of carboxylic acid groups (broad SMARTS) is 1. The molecule has 1 aromatic carbocycles. The zero-order chi connectivity index (χ0) is 15.6. The lowest BCUT2D eigenvalue weighted by molar-refractivity contribution is 0.0693. The first-order valence-corrected chi connectivity index (χ1v) is 7.93. The molecule has 1 aromatic rings. The molecule has 1 aliphatic rings. The number of nitrogens with one attached hydrogen (secondary N) is 1. The van der Waals surface area contributed by atoms with Crippen LogP contribution in [0, 0.1) is 0 Å². The number of amides is 2. The predicted molar refractivity (Wildman–Crippen MR) is 74.3 cm³/mol. The van der Waals surface area contributed by atoms with Crippen molar-refractivity contribution in [2.45, 2.75) is 0 Å². The molecule has 0 atom stereocenters. The fraction of sp³-hybridized carbons (Fsp3) is 0.333. The molecule has 1 fully saturated rings. The quantitative estimate of drug-likeness (QED) is 0.723. The Kier molecular flexibility index (Phi) is 4.03. The molecule has 1 saturated heterocycles. The van der Waals surface area contributed by atoms with E-state index in [0.29, 0.717) is 0 Å². The lowest BCUT2D eigenvalue weighted by Gasteiger charge is -2.26. The van der Waals surface area contributed by atoms with E-state index in [-0.39, 0.29) is 35.8 Å². The number of urea groups is 1. The summed E-state index contributed by atoms with van der Waals surface area (Å²) < 4.78 is 22.6. The Labute approximate surface area is 120 Å². The number of anilines is 1. The Morgan fingerprint density at radius 2 is 1.81 bits per heavy atom. The van der Waals surface area contributed by atoms with Gasteiger partial charge in [0.25, 0.3) is 0 Å². The number of sulfone groups is 1. The molecule has 0 saturated carbocycles. The van der Waals surface area contributed by atoms with Crippen LogP contribution in [0.1, 0.15) is 10.4 Å². The van der Waals surface area contributed by atoms with E-state index in [1.807, 2.05) is 0 Å². The van der Waals surface area contributed by atoms with Gasteiger partial charge in [-0.15, -0.1) is 0 Å². The zero-order valence-electron chi connectivity index (χ0n) is 10.9. The second-order valence-corrected chi connectivity index (χ2v) is 6.91. The highest BCUT2D eigenvalue weighted by molar-refractivity contribution is 7.91. The number of aromatic carboxylic acids is 1. The fourth-order valence-electron chi connectivity index (χ4n) is 1.91. The zero-order valence-corrected chi connectivity index (χ0v) is 11.8. The van der Waals surface area contributed by atoms with Gasteiger partial charge in [0, 0.05) is 24.8 Å². The highest BCUT2D eigenvalue weighted by Gasteiger charge is 2.25. The number of rotatable bonds is 2. The third-order valence-electron chi connectivity index (χ3n) is 3.11. The molecule has 1 aliphatic heterocycles. The summed E-state index contributed by atoms with van der Waals surface area (Å²) in [6.45, 7) is 0.209. The van der Waals surface area contributed by atoms with Crippen molar-refractivity contribution in [2.24, 2.45) is 0 Å². The van der Waals surface area contributed by atoms with Gasteiger partial charge in [-0.05, 0) is 12.1 Å². The number of phenols is 1. The lowest BCUT2D eigenvalue weighted by Crippen LogP contribution is -2.45. The smallest absolute Gasteiger partial charge is 0.339 e. The predicted octanol–water partition coefficient (Wildman–Crippen LogP) is 0.353. The second-order valence-electron chi connectivity index (χ2n) is 4.61. The molecule has 9 heteroatoms. The van der Waals surface area contributed by atoms with Crippen LogP contribution < -0.4 is 5.32 Å². The van der Waals surface area contributed by atoms with Gasteiger partial charge in [0.05, 0.1) is 11.5 Å². The summed E-state index contributed by atoms with van der Waals surface area (Å²) in [5.74, 6) is -1.89. The second kappa shape index (κ2) is 5.60. The fourth-order valence-corrected chi connectivity index (χ4v) is 3.11. The average Bonchev–Trinajstić information content (AvgIpc) is 2.38. The Morgan fingerprint density at radius 3 is 2.33 bits per heavy atom. The highest BCUT2D eigenvalue weighted by Crippen LogP contribution is 2.22. The molecule has 0 spiro atoms. The van der Waals surface area contributed by atoms with Crippen LogP contribution in [0.15, 0.2) is 18.2 Å². The van der Waals surface area contributed by atoms with Gasteiger partial charge >= 0.3 is 12.0 Å². The van der Waals surface area contributed by atoms with Gasteiger partial charge in [-0.2, -0.15) is 0 Å². The van der Waals surface area contributed by atoms with Gasteiger partial charge in [-0.25, -0.2) is 18.0 Å². The molecular formula is C12H14N2O6S. The summed E-state index contributed by atoms with van der Waals surface area (Å²) in [4.78, 5) is 24.0. The van der Waals surface area contributed by atoms with Crippen molar-refractivity contribution >= 4 is 27.5 Å². The minimum absolute atomic E-state index is 0.0797. The van der Waals surface area contributed by atoms with Gasteiger partial charge in [-0.1, -0.05) is 0 Å². The van der Waals surface area contributed by atoms with Crippen molar-refractivity contribution in [1.29, 1.82) is 0 Å². The molecule has 0 aliphatic carbocycles. The molecule has 0 aromatic heterocycles. The summed E-state index contributed by atoms with van der Waals surface area (Å²) in [6.07, 6.45) is 0. The largest absolute Gasteiger partial charge is 0.507 e. The topological polar surface area (TPSA) is 124 Å². The van der Waals surface area contributed by atoms with Crippen LogP contribution in [0.5, 0.6) is 5.75 Å². The maximum atomic E-state index is 11.9. The molecule has 8 nitrogen and oxygen atoms in total. The molecule has 0 unspecified atom stereocenters. The number of nitrogens with zero attached hydrogens (tertiary/aromatic N) is 1. The summed E-state index contributed by atoms with van der Waals surface area (Å²) >= 11 is 0. The Hall–Kier alpha value is -2.29. The monoisotopic (exact) mass is 314 g/mol. The van der Waals surface area contributed by atoms with E-state index < -0.39 is 27.6 Å². The first kappa shape index (κ1) is 15.1. The van der Waals surface area contributed by atoms with E-state index >= 15 is 0 Å². The number of carbonyl (C=O) groups is 2. The van der Waals surface area contributed by atoms with Crippen LogP contribution in [0.4, 0.5) is 10.5 Å². The molecular weight excluding hydrogens is 300 g/mol. The number of hydrogen-bond donors (Lipinski definition) is 3. The Bertz CT molecular complexity index is 671. The lowest BCUT2D eigenvalue weighted by atomic mass is 10.2. The minimum atomic E-state index is -3.07. The Balaban J connectivity index is 2.03. The van der Waals surface area contributed by atoms with Crippen molar-refractivity contribution in [3.05, 3.63) is 23.8 Å². The van der Waals surface area contributed by atoms with E-state index in [9.17, 15) is 23.1 Å². The van der Waals surface area contributed by atoms with E-state index in [2.05, 4.69) is 5.32 Å². The molecule has 21 heavy (non-hydrogen) atoms. The van der Waals surface area contributed by atoms with Gasteiger partial charge in [0.15, 0.2) is 9.84 Å². The summed E-state index contributed by atoms with van der Waals surface area (Å²) in [7, 11) is -3.07. The van der Waals surface area contributed by atoms with Crippen molar-refractivity contribution in [3.8, 4) is 5.75 Å². The molecule has 2 amide bonds. The highest BCUT2D eigenvalue weighted by atomic mass is 32.2. The van der Waals surface area contributed by atoms with Crippen molar-refractivity contribution in [2.75, 3.05) is 29.9 Å². The number of aromatic hydroxyl groups is 1. The van der Waals surface area contributed by atoms with Crippen molar-refractivity contribution in [3.63, 3.8) is 0 Å². The van der Waals surface area contributed by atoms with Crippen LogP contribution >= 0.6 is 0 Å². The standard InChI is InChI=1S/C12H14N2O6S/c15-10-7-8(1-2-9(10)11(16)17)13-12(18)14-3-5-21(19,20)6-4-14/h1-2,7,15H,3-6H2,(H,13,18)(H,16,17). The third-order valence-corrected chi connectivity index (χ3v) is 4.72. The Morgan fingerprint density at radius 1 is 1.19 bits per heavy atom. The number of carbonyl (C=O) groups excluding carboxylic acids is 1. The summed E-state index contributed by atoms with van der Waals surface area (Å²) in [5, 5.41) is 20.8. The van der Waals surface area contributed by atoms with Crippen LogP contribution in [-0.4, -0.2) is 60.1 Å². The molecule has 0 radical (unpaired) electrons. The average molecular weight is 314 g/mol. The first-order chi connectivity index (χ1) is 9.78. The van der Waals surface area contributed by atoms with Crippen LogP contribution in [0.2, 0.25) is 0 Å². The molecule has 1 heterocycles. The maximum absolute atomic E-state index is 11.9. The van der Waals surface area contributed by atoms with E-state index in [0.717, 1.165) is 6.07 Å². The van der Waals surface area contributed by atoms with Crippen molar-refractivity contribution in [1.82, 2.24) is 4.90 Å². The summed E-state index contributed by atoms with van der Waals surface area (Å²) in [5.41, 5.74) is -0.0343. The molecule has 2 rings (SSSR count). The molecule has 114 valence electrons.